The summed E-state index contributed by atoms with van der Waals surface area (Å²) in [5.41, 5.74) is 3.19. The minimum atomic E-state index is -0.274. The average Bonchev–Trinajstić information content (AvgIpc) is 2.98. The summed E-state index contributed by atoms with van der Waals surface area (Å²) in [6, 6.07) is 5.83. The summed E-state index contributed by atoms with van der Waals surface area (Å²) in [6.45, 7) is 4.85. The van der Waals surface area contributed by atoms with Crippen LogP contribution < -0.4 is 15.5 Å². The predicted molar refractivity (Wildman–Crippen MR) is 105 cm³/mol. The number of nitrogens with zero attached hydrogens (tertiary/aromatic N) is 1. The fraction of sp³-hybridized carbons (Fsp3) is 0.444. The quantitative estimate of drug-likeness (QED) is 0.725. The third-order valence-electron chi connectivity index (χ3n) is 4.60. The van der Waals surface area contributed by atoms with E-state index < -0.39 is 0 Å². The van der Waals surface area contributed by atoms with Crippen molar-refractivity contribution in [2.24, 2.45) is 5.92 Å². The first kappa shape index (κ1) is 19.9. The van der Waals surface area contributed by atoms with Crippen molar-refractivity contribution < 1.29 is 9.59 Å². The number of anilines is 1. The molecule has 136 valence electrons. The van der Waals surface area contributed by atoms with Gasteiger partial charge in [0.1, 0.15) is 0 Å². The smallest absolute Gasteiger partial charge is 0.227 e. The third-order valence-corrected chi connectivity index (χ3v) is 5.49. The number of rotatable bonds is 4. The molecule has 2 aliphatic heterocycles. The van der Waals surface area contributed by atoms with Gasteiger partial charge in [-0.3, -0.25) is 9.59 Å². The van der Waals surface area contributed by atoms with Crippen molar-refractivity contribution in [1.82, 2.24) is 10.6 Å². The number of nitrogens with one attached hydrogen (secondary N) is 2. The van der Waals surface area contributed by atoms with Gasteiger partial charge in [0.25, 0.3) is 0 Å². The lowest BCUT2D eigenvalue weighted by Crippen LogP contribution is -2.35. The van der Waals surface area contributed by atoms with Crippen LogP contribution in [-0.4, -0.2) is 38.0 Å². The fourth-order valence-corrected chi connectivity index (χ4v) is 3.35. The number of carbonyl (C=O) groups is 2. The van der Waals surface area contributed by atoms with E-state index in [4.69, 9.17) is 0 Å². The highest BCUT2D eigenvalue weighted by molar-refractivity contribution is 9.10. The molecule has 1 unspecified atom stereocenters. The summed E-state index contributed by atoms with van der Waals surface area (Å²) in [7, 11) is 0. The van der Waals surface area contributed by atoms with Crippen LogP contribution in [-0.2, 0) is 9.59 Å². The number of hydrogen-bond acceptors (Lipinski definition) is 3. The maximum absolute atomic E-state index is 12.4. The number of halogens is 2. The monoisotopic (exact) mass is 427 g/mol. The normalized spacial score (nSPS) is 20.1. The molecule has 5 nitrogen and oxygen atoms in total. The Kier molecular flexibility index (Phi) is 7.04. The van der Waals surface area contributed by atoms with Crippen LogP contribution in [0, 0.1) is 12.8 Å². The lowest BCUT2D eigenvalue weighted by molar-refractivity contribution is -0.126. The molecule has 2 aliphatic rings. The first-order chi connectivity index (χ1) is 11.5. The van der Waals surface area contributed by atoms with Crippen LogP contribution in [0.2, 0.25) is 0 Å². The molecule has 0 aliphatic carbocycles. The molecular weight excluding hydrogens is 406 g/mol. The summed E-state index contributed by atoms with van der Waals surface area (Å²) >= 11 is 3.47. The Labute approximate surface area is 162 Å². The van der Waals surface area contributed by atoms with Crippen molar-refractivity contribution in [3.8, 4) is 0 Å². The van der Waals surface area contributed by atoms with Crippen LogP contribution in [0.4, 0.5) is 5.69 Å². The van der Waals surface area contributed by atoms with E-state index in [0.717, 1.165) is 35.2 Å². The highest BCUT2D eigenvalue weighted by Gasteiger charge is 2.35. The summed E-state index contributed by atoms with van der Waals surface area (Å²) in [6.07, 6.45) is 3.37. The van der Waals surface area contributed by atoms with E-state index in [1.165, 1.54) is 5.57 Å². The Morgan fingerprint density at radius 2 is 2.24 bits per heavy atom. The number of aryl methyl sites for hydroxylation is 1. The van der Waals surface area contributed by atoms with Gasteiger partial charge in [-0.1, -0.05) is 27.6 Å². The van der Waals surface area contributed by atoms with Crippen molar-refractivity contribution in [3.05, 3.63) is 39.9 Å². The highest BCUT2D eigenvalue weighted by atomic mass is 79.9. The average molecular weight is 429 g/mol. The van der Waals surface area contributed by atoms with E-state index >= 15 is 0 Å². The molecule has 0 aromatic heterocycles. The first-order valence-electron chi connectivity index (χ1n) is 8.27. The molecule has 1 aromatic rings. The summed E-state index contributed by atoms with van der Waals surface area (Å²) in [4.78, 5) is 26.4. The van der Waals surface area contributed by atoms with E-state index in [9.17, 15) is 9.59 Å². The molecular formula is C18H23BrClN3O2. The lowest BCUT2D eigenvalue weighted by Gasteiger charge is -2.18. The Bertz CT molecular complexity index is 693. The maximum atomic E-state index is 12.4. The molecule has 7 heteroatoms. The van der Waals surface area contributed by atoms with Crippen LogP contribution in [0.1, 0.15) is 18.4 Å². The summed E-state index contributed by atoms with van der Waals surface area (Å²) in [5.74, 6) is -0.291. The largest absolute Gasteiger partial charge is 0.352 e. The SMILES string of the molecule is Cc1cc(N2CC(C(=O)NCC3=CCNCC3)CC2=O)ccc1Br.Cl. The van der Waals surface area contributed by atoms with Gasteiger partial charge in [-0.05, 0) is 43.7 Å². The van der Waals surface area contributed by atoms with E-state index in [-0.39, 0.29) is 36.6 Å². The third kappa shape index (κ3) is 4.84. The van der Waals surface area contributed by atoms with E-state index in [2.05, 4.69) is 32.6 Å². The van der Waals surface area contributed by atoms with Gasteiger partial charge in [-0.2, -0.15) is 0 Å². The minimum Gasteiger partial charge on any atom is -0.352 e. The van der Waals surface area contributed by atoms with Crippen LogP contribution >= 0.6 is 28.3 Å². The van der Waals surface area contributed by atoms with E-state index in [1.54, 1.807) is 4.90 Å². The molecule has 0 spiro atoms. The number of carbonyl (C=O) groups excluding carboxylic acids is 2. The van der Waals surface area contributed by atoms with Crippen molar-refractivity contribution in [2.45, 2.75) is 19.8 Å². The molecule has 0 radical (unpaired) electrons. The van der Waals surface area contributed by atoms with Gasteiger partial charge < -0.3 is 15.5 Å². The van der Waals surface area contributed by atoms with Gasteiger partial charge in [0, 0.05) is 36.2 Å². The van der Waals surface area contributed by atoms with Crippen LogP contribution in [0.3, 0.4) is 0 Å². The Balaban J connectivity index is 0.00000225. The Morgan fingerprint density at radius 1 is 1.44 bits per heavy atom. The second-order valence-corrected chi connectivity index (χ2v) is 7.23. The van der Waals surface area contributed by atoms with Crippen molar-refractivity contribution >= 4 is 45.8 Å². The first-order valence-corrected chi connectivity index (χ1v) is 9.07. The van der Waals surface area contributed by atoms with Gasteiger partial charge in [0.05, 0.1) is 5.92 Å². The molecule has 25 heavy (non-hydrogen) atoms. The summed E-state index contributed by atoms with van der Waals surface area (Å²) < 4.78 is 1.02. The molecule has 2 N–H and O–H groups in total. The molecule has 2 amide bonds. The summed E-state index contributed by atoms with van der Waals surface area (Å²) in [5, 5.41) is 6.24. The van der Waals surface area contributed by atoms with E-state index in [0.29, 0.717) is 13.1 Å². The number of hydrogen-bond donors (Lipinski definition) is 2. The van der Waals surface area contributed by atoms with Crippen molar-refractivity contribution in [2.75, 3.05) is 31.1 Å². The molecule has 3 rings (SSSR count). The fourth-order valence-electron chi connectivity index (χ4n) is 3.10. The minimum absolute atomic E-state index is 0. The molecule has 1 aromatic carbocycles. The zero-order valence-electron chi connectivity index (χ0n) is 14.2. The Morgan fingerprint density at radius 3 is 2.92 bits per heavy atom. The molecule has 2 heterocycles. The van der Waals surface area contributed by atoms with Gasteiger partial charge >= 0.3 is 0 Å². The van der Waals surface area contributed by atoms with E-state index in [1.807, 2.05) is 25.1 Å². The molecule has 1 saturated heterocycles. The number of amides is 2. The molecule has 0 saturated carbocycles. The van der Waals surface area contributed by atoms with Crippen LogP contribution in [0.5, 0.6) is 0 Å². The van der Waals surface area contributed by atoms with Gasteiger partial charge in [0.15, 0.2) is 0 Å². The number of benzene rings is 1. The van der Waals surface area contributed by atoms with Gasteiger partial charge in [-0.25, -0.2) is 0 Å². The molecule has 1 atom stereocenters. The van der Waals surface area contributed by atoms with Crippen LogP contribution in [0.25, 0.3) is 0 Å². The second kappa shape index (κ2) is 8.83. The lowest BCUT2D eigenvalue weighted by atomic mass is 10.1. The molecule has 0 bridgehead atoms. The standard InChI is InChI=1S/C18H22BrN3O2.ClH/c1-12-8-15(2-3-16(12)19)22-11-14(9-17(22)23)18(24)21-10-13-4-6-20-7-5-13;/h2-4,8,14,20H,5-7,9-11H2,1H3,(H,21,24);1H. The highest BCUT2D eigenvalue weighted by Crippen LogP contribution is 2.28. The Hall–Kier alpha value is -1.37. The van der Waals surface area contributed by atoms with Gasteiger partial charge in [-0.15, -0.1) is 12.4 Å². The maximum Gasteiger partial charge on any atom is 0.227 e. The van der Waals surface area contributed by atoms with Crippen molar-refractivity contribution in [3.63, 3.8) is 0 Å². The zero-order chi connectivity index (χ0) is 17.1. The topological polar surface area (TPSA) is 61.4 Å². The predicted octanol–water partition coefficient (Wildman–Crippen LogP) is 2.57. The van der Waals surface area contributed by atoms with Gasteiger partial charge in [0.2, 0.25) is 11.8 Å². The zero-order valence-corrected chi connectivity index (χ0v) is 16.6. The van der Waals surface area contributed by atoms with Crippen LogP contribution in [0.15, 0.2) is 34.3 Å². The molecule has 1 fully saturated rings. The van der Waals surface area contributed by atoms with Crippen molar-refractivity contribution in [1.29, 1.82) is 0 Å². The second-order valence-electron chi connectivity index (χ2n) is 6.37.